The highest BCUT2D eigenvalue weighted by Gasteiger charge is 2.12. The summed E-state index contributed by atoms with van der Waals surface area (Å²) in [5, 5.41) is 5.18. The van der Waals surface area contributed by atoms with E-state index < -0.39 is 5.82 Å². The lowest BCUT2D eigenvalue weighted by Crippen LogP contribution is -2.12. The van der Waals surface area contributed by atoms with Crippen LogP contribution in [0, 0.1) is 5.82 Å². The summed E-state index contributed by atoms with van der Waals surface area (Å²) in [7, 11) is 1.62. The van der Waals surface area contributed by atoms with Gasteiger partial charge < -0.3 is 10.1 Å². The van der Waals surface area contributed by atoms with Crippen LogP contribution in [-0.2, 0) is 6.42 Å². The van der Waals surface area contributed by atoms with Crippen molar-refractivity contribution in [3.8, 4) is 5.75 Å². The van der Waals surface area contributed by atoms with Crippen LogP contribution < -0.4 is 10.1 Å². The average molecular weight is 342 g/mol. The van der Waals surface area contributed by atoms with E-state index in [1.807, 2.05) is 24.3 Å². The van der Waals surface area contributed by atoms with Gasteiger partial charge in [0.2, 0.25) is 0 Å². The predicted molar refractivity (Wildman–Crippen MR) is 92.3 cm³/mol. The Morgan fingerprint density at radius 3 is 2.75 bits per heavy atom. The molecule has 3 aromatic rings. The second-order valence-corrected chi connectivity index (χ2v) is 6.06. The molecule has 0 aliphatic rings. The van der Waals surface area contributed by atoms with Crippen molar-refractivity contribution in [3.05, 3.63) is 76.0 Å². The van der Waals surface area contributed by atoms with Gasteiger partial charge >= 0.3 is 0 Å². The van der Waals surface area contributed by atoms with Gasteiger partial charge in [-0.1, -0.05) is 18.2 Å². The summed E-state index contributed by atoms with van der Waals surface area (Å²) in [6.07, 6.45) is 0.641. The summed E-state index contributed by atoms with van der Waals surface area (Å²) in [6, 6.07) is 13.5. The van der Waals surface area contributed by atoms with Gasteiger partial charge in [-0.15, -0.1) is 11.3 Å². The zero-order valence-corrected chi connectivity index (χ0v) is 13.8. The van der Waals surface area contributed by atoms with Gasteiger partial charge in [-0.3, -0.25) is 4.79 Å². The fourth-order valence-electron chi connectivity index (χ4n) is 2.18. The maximum absolute atomic E-state index is 13.1. The van der Waals surface area contributed by atoms with Crippen LogP contribution in [0.4, 0.5) is 10.1 Å². The van der Waals surface area contributed by atoms with E-state index in [2.05, 4.69) is 10.3 Å². The third-order valence-corrected chi connectivity index (χ3v) is 4.23. The van der Waals surface area contributed by atoms with Gasteiger partial charge in [0.1, 0.15) is 17.3 Å². The van der Waals surface area contributed by atoms with Crippen LogP contribution in [0.3, 0.4) is 0 Å². The molecule has 0 fully saturated rings. The van der Waals surface area contributed by atoms with Crippen LogP contribution in [-0.4, -0.2) is 18.0 Å². The van der Waals surface area contributed by atoms with E-state index in [0.29, 0.717) is 17.8 Å². The Labute approximate surface area is 142 Å². The largest absolute Gasteiger partial charge is 0.497 e. The van der Waals surface area contributed by atoms with E-state index in [1.165, 1.54) is 23.5 Å². The molecule has 0 atom stereocenters. The smallest absolute Gasteiger partial charge is 0.275 e. The van der Waals surface area contributed by atoms with Gasteiger partial charge in [-0.2, -0.15) is 0 Å². The molecule has 0 unspecified atom stereocenters. The molecule has 122 valence electrons. The fourth-order valence-corrected chi connectivity index (χ4v) is 2.98. The van der Waals surface area contributed by atoms with Gasteiger partial charge in [0, 0.05) is 17.5 Å². The van der Waals surface area contributed by atoms with Gasteiger partial charge in [0.25, 0.3) is 5.91 Å². The highest BCUT2D eigenvalue weighted by molar-refractivity contribution is 7.09. The molecular weight excluding hydrogens is 327 g/mol. The zero-order valence-electron chi connectivity index (χ0n) is 13.0. The van der Waals surface area contributed by atoms with Crippen molar-refractivity contribution in [2.45, 2.75) is 6.42 Å². The summed E-state index contributed by atoms with van der Waals surface area (Å²) in [5.74, 6) is 0.0529. The predicted octanol–water partition coefficient (Wildman–Crippen LogP) is 4.13. The monoisotopic (exact) mass is 342 g/mol. The van der Waals surface area contributed by atoms with Crippen LogP contribution in [0.5, 0.6) is 5.75 Å². The minimum Gasteiger partial charge on any atom is -0.497 e. The van der Waals surface area contributed by atoms with Crippen molar-refractivity contribution >= 4 is 22.9 Å². The third-order valence-electron chi connectivity index (χ3n) is 3.38. The van der Waals surface area contributed by atoms with Crippen LogP contribution in [0.15, 0.2) is 53.9 Å². The topological polar surface area (TPSA) is 51.2 Å². The minimum absolute atomic E-state index is 0.327. The first-order chi connectivity index (χ1) is 11.6. The Balaban J connectivity index is 1.66. The molecule has 0 radical (unpaired) electrons. The van der Waals surface area contributed by atoms with Crippen LogP contribution >= 0.6 is 11.3 Å². The summed E-state index contributed by atoms with van der Waals surface area (Å²) in [6.45, 7) is 0. The average Bonchev–Trinajstić information content (AvgIpc) is 3.04. The Morgan fingerprint density at radius 1 is 1.25 bits per heavy atom. The first kappa shape index (κ1) is 16.1. The molecule has 2 aromatic carbocycles. The van der Waals surface area contributed by atoms with Crippen molar-refractivity contribution in [2.24, 2.45) is 0 Å². The number of amides is 1. The van der Waals surface area contributed by atoms with E-state index in [0.717, 1.165) is 16.3 Å². The molecule has 0 saturated carbocycles. The molecule has 0 spiro atoms. The molecule has 0 bridgehead atoms. The SMILES string of the molecule is COc1ccc(Cc2nc(C(=O)Nc3cccc(F)c3)cs2)cc1. The Bertz CT molecular complexity index is 846. The molecule has 1 N–H and O–H groups in total. The lowest BCUT2D eigenvalue weighted by atomic mass is 10.1. The minimum atomic E-state index is -0.397. The first-order valence-corrected chi connectivity index (χ1v) is 8.16. The number of methoxy groups -OCH3 is 1. The molecule has 4 nitrogen and oxygen atoms in total. The second-order valence-electron chi connectivity index (χ2n) is 5.12. The first-order valence-electron chi connectivity index (χ1n) is 7.28. The molecule has 0 aliphatic carbocycles. The number of carbonyl (C=O) groups is 1. The molecule has 24 heavy (non-hydrogen) atoms. The molecule has 0 saturated heterocycles. The lowest BCUT2D eigenvalue weighted by molar-refractivity contribution is 0.102. The standard InChI is InChI=1S/C18H15FN2O2S/c1-23-15-7-5-12(6-8-15)9-17-21-16(11-24-17)18(22)20-14-4-2-3-13(19)10-14/h2-8,10-11H,9H2,1H3,(H,20,22). The highest BCUT2D eigenvalue weighted by atomic mass is 32.1. The Morgan fingerprint density at radius 2 is 2.04 bits per heavy atom. The molecular formula is C18H15FN2O2S. The quantitative estimate of drug-likeness (QED) is 0.758. The van der Waals surface area contributed by atoms with Crippen LogP contribution in [0.2, 0.25) is 0 Å². The number of hydrogen-bond donors (Lipinski definition) is 1. The summed E-state index contributed by atoms with van der Waals surface area (Å²) in [5.41, 5.74) is 1.82. The number of nitrogens with zero attached hydrogens (tertiary/aromatic N) is 1. The lowest BCUT2D eigenvalue weighted by Gasteiger charge is -2.03. The number of ether oxygens (including phenoxy) is 1. The van der Waals surface area contributed by atoms with Crippen molar-refractivity contribution in [1.29, 1.82) is 0 Å². The van der Waals surface area contributed by atoms with E-state index >= 15 is 0 Å². The highest BCUT2D eigenvalue weighted by Crippen LogP contribution is 2.18. The number of carbonyl (C=O) groups excluding carboxylic acids is 1. The van der Waals surface area contributed by atoms with Crippen LogP contribution in [0.25, 0.3) is 0 Å². The van der Waals surface area contributed by atoms with Crippen molar-refractivity contribution in [2.75, 3.05) is 12.4 Å². The van der Waals surface area contributed by atoms with Gasteiger partial charge in [0.05, 0.1) is 12.1 Å². The van der Waals surface area contributed by atoms with Gasteiger partial charge in [-0.25, -0.2) is 9.37 Å². The molecule has 1 heterocycles. The van der Waals surface area contributed by atoms with Gasteiger partial charge in [0.15, 0.2) is 0 Å². The summed E-state index contributed by atoms with van der Waals surface area (Å²) in [4.78, 5) is 16.5. The Hall–Kier alpha value is -2.73. The normalized spacial score (nSPS) is 10.4. The third kappa shape index (κ3) is 3.97. The number of hydrogen-bond acceptors (Lipinski definition) is 4. The van der Waals surface area contributed by atoms with Gasteiger partial charge in [-0.05, 0) is 35.9 Å². The fraction of sp³-hybridized carbons (Fsp3) is 0.111. The molecule has 1 amide bonds. The summed E-state index contributed by atoms with van der Waals surface area (Å²) < 4.78 is 18.3. The van der Waals surface area contributed by atoms with Crippen LogP contribution in [0.1, 0.15) is 21.1 Å². The van der Waals surface area contributed by atoms with E-state index in [-0.39, 0.29) is 5.91 Å². The summed E-state index contributed by atoms with van der Waals surface area (Å²) >= 11 is 1.42. The zero-order chi connectivity index (χ0) is 16.9. The van der Waals surface area contributed by atoms with Crippen molar-refractivity contribution in [1.82, 2.24) is 4.98 Å². The van der Waals surface area contributed by atoms with Crippen molar-refractivity contribution in [3.63, 3.8) is 0 Å². The Kier molecular flexibility index (Phi) is 4.86. The van der Waals surface area contributed by atoms with E-state index in [4.69, 9.17) is 4.74 Å². The number of thiazole rings is 1. The van der Waals surface area contributed by atoms with Crippen molar-refractivity contribution < 1.29 is 13.9 Å². The number of aromatic nitrogens is 1. The number of anilines is 1. The second kappa shape index (κ2) is 7.23. The maximum atomic E-state index is 13.1. The number of nitrogens with one attached hydrogen (secondary N) is 1. The van der Waals surface area contributed by atoms with E-state index in [1.54, 1.807) is 24.6 Å². The number of halogens is 1. The molecule has 0 aliphatic heterocycles. The molecule has 1 aromatic heterocycles. The molecule has 6 heteroatoms. The number of benzene rings is 2. The number of rotatable bonds is 5. The maximum Gasteiger partial charge on any atom is 0.275 e. The molecule has 3 rings (SSSR count). The van der Waals surface area contributed by atoms with E-state index in [9.17, 15) is 9.18 Å².